The summed E-state index contributed by atoms with van der Waals surface area (Å²) in [6.45, 7) is 6.57. The summed E-state index contributed by atoms with van der Waals surface area (Å²) in [5, 5.41) is 3.13. The van der Waals surface area contributed by atoms with Gasteiger partial charge in [0.05, 0.1) is 13.2 Å². The Labute approximate surface area is 128 Å². The van der Waals surface area contributed by atoms with Crippen LogP contribution >= 0.6 is 0 Å². The molecule has 1 amide bonds. The smallest absolute Gasteiger partial charge is 0.220 e. The van der Waals surface area contributed by atoms with Crippen molar-refractivity contribution in [1.29, 1.82) is 0 Å². The molecule has 5 nitrogen and oxygen atoms in total. The highest BCUT2D eigenvalue weighted by Gasteiger charge is 2.20. The van der Waals surface area contributed by atoms with Gasteiger partial charge >= 0.3 is 0 Å². The van der Waals surface area contributed by atoms with Crippen LogP contribution in [0.1, 0.15) is 45.4 Å². The van der Waals surface area contributed by atoms with E-state index in [1.165, 1.54) is 12.8 Å². The van der Waals surface area contributed by atoms with E-state index in [9.17, 15) is 4.79 Å². The molecule has 0 radical (unpaired) electrons. The van der Waals surface area contributed by atoms with Gasteiger partial charge in [0, 0.05) is 38.1 Å². The van der Waals surface area contributed by atoms with E-state index in [1.54, 1.807) is 0 Å². The third-order valence-corrected chi connectivity index (χ3v) is 4.65. The largest absolute Gasteiger partial charge is 0.379 e. The molecule has 0 spiro atoms. The fourth-order valence-corrected chi connectivity index (χ4v) is 3.49. The summed E-state index contributed by atoms with van der Waals surface area (Å²) in [4.78, 5) is 14.4. The Kier molecular flexibility index (Phi) is 6.93. The number of carbonyl (C=O) groups is 1. The highest BCUT2D eigenvalue weighted by atomic mass is 16.5. The van der Waals surface area contributed by atoms with Crippen LogP contribution in [0.25, 0.3) is 0 Å². The van der Waals surface area contributed by atoms with E-state index in [4.69, 9.17) is 10.5 Å². The van der Waals surface area contributed by atoms with E-state index in [-0.39, 0.29) is 11.9 Å². The van der Waals surface area contributed by atoms with Crippen molar-refractivity contribution in [1.82, 2.24) is 10.2 Å². The molecule has 5 heteroatoms. The molecule has 0 aromatic carbocycles. The van der Waals surface area contributed by atoms with Gasteiger partial charge < -0.3 is 15.8 Å². The summed E-state index contributed by atoms with van der Waals surface area (Å²) in [5.41, 5.74) is 6.00. The lowest BCUT2D eigenvalue weighted by Crippen LogP contribution is -2.46. The summed E-state index contributed by atoms with van der Waals surface area (Å²) in [6, 6.07) is 0.566. The summed E-state index contributed by atoms with van der Waals surface area (Å²) >= 11 is 0. The highest BCUT2D eigenvalue weighted by molar-refractivity contribution is 5.76. The van der Waals surface area contributed by atoms with Crippen molar-refractivity contribution in [3.8, 4) is 0 Å². The van der Waals surface area contributed by atoms with E-state index < -0.39 is 0 Å². The van der Waals surface area contributed by atoms with Gasteiger partial charge in [-0.1, -0.05) is 12.8 Å². The van der Waals surface area contributed by atoms with Gasteiger partial charge in [0.2, 0.25) is 5.91 Å². The van der Waals surface area contributed by atoms with Crippen LogP contribution in [0, 0.1) is 5.92 Å². The van der Waals surface area contributed by atoms with Crippen LogP contribution in [0.3, 0.4) is 0 Å². The minimum absolute atomic E-state index is 0.190. The van der Waals surface area contributed by atoms with Crippen molar-refractivity contribution in [2.45, 2.75) is 57.5 Å². The van der Waals surface area contributed by atoms with Crippen LogP contribution in [0.2, 0.25) is 0 Å². The molecular weight excluding hydrogens is 266 g/mol. The summed E-state index contributed by atoms with van der Waals surface area (Å²) in [6.07, 6.45) is 6.34. The molecule has 0 aromatic rings. The van der Waals surface area contributed by atoms with E-state index in [2.05, 4.69) is 17.1 Å². The van der Waals surface area contributed by atoms with Crippen molar-refractivity contribution in [3.05, 3.63) is 0 Å². The fraction of sp³-hybridized carbons (Fsp3) is 0.938. The van der Waals surface area contributed by atoms with Crippen LogP contribution in [-0.4, -0.2) is 55.7 Å². The monoisotopic (exact) mass is 297 g/mol. The number of nitrogens with zero attached hydrogens (tertiary/aromatic N) is 1. The third-order valence-electron chi connectivity index (χ3n) is 4.65. The minimum Gasteiger partial charge on any atom is -0.379 e. The van der Waals surface area contributed by atoms with Gasteiger partial charge in [-0.3, -0.25) is 9.69 Å². The normalized spacial score (nSPS) is 29.0. The molecular formula is C16H31N3O2. The highest BCUT2D eigenvalue weighted by Crippen LogP contribution is 2.26. The average molecular weight is 297 g/mol. The predicted molar refractivity (Wildman–Crippen MR) is 84.0 cm³/mol. The summed E-state index contributed by atoms with van der Waals surface area (Å²) < 4.78 is 5.34. The second-order valence-electron chi connectivity index (χ2n) is 6.71. The van der Waals surface area contributed by atoms with Gasteiger partial charge in [-0.15, -0.1) is 0 Å². The van der Waals surface area contributed by atoms with E-state index in [1.807, 2.05) is 0 Å². The van der Waals surface area contributed by atoms with Gasteiger partial charge in [0.25, 0.3) is 0 Å². The van der Waals surface area contributed by atoms with Crippen LogP contribution in [0.5, 0.6) is 0 Å². The number of ether oxygens (including phenoxy) is 1. The molecule has 1 aliphatic heterocycles. The molecule has 2 aliphatic rings. The topological polar surface area (TPSA) is 67.6 Å². The van der Waals surface area contributed by atoms with Crippen molar-refractivity contribution in [2.24, 2.45) is 11.7 Å². The first-order valence-electron chi connectivity index (χ1n) is 8.48. The maximum Gasteiger partial charge on any atom is 0.220 e. The number of nitrogens with two attached hydrogens (primary N) is 1. The van der Waals surface area contributed by atoms with Crippen molar-refractivity contribution < 1.29 is 9.53 Å². The van der Waals surface area contributed by atoms with E-state index >= 15 is 0 Å². The zero-order chi connectivity index (χ0) is 15.1. The van der Waals surface area contributed by atoms with Gasteiger partial charge in [-0.05, 0) is 32.1 Å². The molecule has 3 unspecified atom stereocenters. The molecule has 122 valence electrons. The third kappa shape index (κ3) is 6.32. The molecule has 1 saturated heterocycles. The lowest BCUT2D eigenvalue weighted by Gasteiger charge is -2.29. The summed E-state index contributed by atoms with van der Waals surface area (Å²) in [7, 11) is 0. The molecule has 2 rings (SSSR count). The lowest BCUT2D eigenvalue weighted by atomic mass is 9.83. The number of rotatable bonds is 6. The molecule has 3 N–H and O–H groups in total. The Hall–Kier alpha value is -0.650. The number of hydrogen-bond acceptors (Lipinski definition) is 4. The maximum atomic E-state index is 12.0. The van der Waals surface area contributed by atoms with E-state index in [0.717, 1.165) is 52.1 Å². The molecule has 0 aromatic heterocycles. The Bertz CT molecular complexity index is 319. The quantitative estimate of drug-likeness (QED) is 0.771. The Morgan fingerprint density at radius 1 is 1.38 bits per heavy atom. The SMILES string of the molecule is CC(CN1CCOCC1)NC(=O)CCC1CCCC(N)C1. The number of hydrogen-bond donors (Lipinski definition) is 2. The number of morpholine rings is 1. The van der Waals surface area contributed by atoms with Crippen LogP contribution < -0.4 is 11.1 Å². The number of carbonyl (C=O) groups excluding carboxylic acids is 1. The lowest BCUT2D eigenvalue weighted by molar-refractivity contribution is -0.122. The molecule has 21 heavy (non-hydrogen) atoms. The molecule has 2 fully saturated rings. The van der Waals surface area contributed by atoms with E-state index in [0.29, 0.717) is 18.4 Å². The van der Waals surface area contributed by atoms with Crippen LogP contribution in [0.15, 0.2) is 0 Å². The second kappa shape index (κ2) is 8.71. The Morgan fingerprint density at radius 2 is 2.14 bits per heavy atom. The van der Waals surface area contributed by atoms with Crippen LogP contribution in [-0.2, 0) is 9.53 Å². The molecule has 1 heterocycles. The van der Waals surface area contributed by atoms with Gasteiger partial charge in [-0.25, -0.2) is 0 Å². The molecule has 3 atom stereocenters. The minimum atomic E-state index is 0.190. The van der Waals surface area contributed by atoms with Gasteiger partial charge in [0.15, 0.2) is 0 Å². The summed E-state index contributed by atoms with van der Waals surface area (Å²) in [5.74, 6) is 0.837. The zero-order valence-electron chi connectivity index (χ0n) is 13.4. The number of nitrogens with one attached hydrogen (secondary N) is 1. The Balaban J connectivity index is 1.59. The second-order valence-corrected chi connectivity index (χ2v) is 6.71. The molecule has 0 bridgehead atoms. The van der Waals surface area contributed by atoms with Gasteiger partial charge in [-0.2, -0.15) is 0 Å². The first kappa shape index (κ1) is 16.7. The standard InChI is InChI=1S/C16H31N3O2/c1-13(12-19-7-9-21-10-8-19)18-16(20)6-5-14-3-2-4-15(17)11-14/h13-15H,2-12,17H2,1H3,(H,18,20). The Morgan fingerprint density at radius 3 is 2.86 bits per heavy atom. The van der Waals surface area contributed by atoms with Crippen molar-refractivity contribution in [2.75, 3.05) is 32.8 Å². The first-order valence-corrected chi connectivity index (χ1v) is 8.48. The van der Waals surface area contributed by atoms with Crippen molar-refractivity contribution >= 4 is 5.91 Å². The predicted octanol–water partition coefficient (Wildman–Crippen LogP) is 1.12. The van der Waals surface area contributed by atoms with Crippen LogP contribution in [0.4, 0.5) is 0 Å². The molecule has 1 saturated carbocycles. The molecule has 1 aliphatic carbocycles. The maximum absolute atomic E-state index is 12.0. The fourth-order valence-electron chi connectivity index (χ4n) is 3.49. The van der Waals surface area contributed by atoms with Gasteiger partial charge in [0.1, 0.15) is 0 Å². The first-order chi connectivity index (χ1) is 10.1. The van der Waals surface area contributed by atoms with Crippen molar-refractivity contribution in [3.63, 3.8) is 0 Å². The zero-order valence-corrected chi connectivity index (χ0v) is 13.4. The average Bonchev–Trinajstić information content (AvgIpc) is 2.46. The number of amides is 1.